The maximum absolute atomic E-state index is 13.1. The van der Waals surface area contributed by atoms with Gasteiger partial charge in [-0.2, -0.15) is 0 Å². The molecule has 27 heavy (non-hydrogen) atoms. The van der Waals surface area contributed by atoms with Gasteiger partial charge in [-0.25, -0.2) is 18.6 Å². The maximum atomic E-state index is 13.1. The molecule has 2 aromatic carbocycles. The van der Waals surface area contributed by atoms with E-state index in [2.05, 4.69) is 4.98 Å². The van der Waals surface area contributed by atoms with E-state index in [1.54, 1.807) is 17.5 Å². The number of aromatic nitrogens is 1. The molecule has 3 aromatic rings. The van der Waals surface area contributed by atoms with E-state index >= 15 is 0 Å². The van der Waals surface area contributed by atoms with Crippen LogP contribution in [0.4, 0.5) is 8.78 Å². The van der Waals surface area contributed by atoms with E-state index in [0.717, 1.165) is 0 Å². The number of carbonyl (C=O) groups excluding carboxylic acids is 1. The Hall–Kier alpha value is -3.06. The topological polar surface area (TPSA) is 48.4 Å². The van der Waals surface area contributed by atoms with Gasteiger partial charge in [0.2, 0.25) is 0 Å². The Labute approximate surface area is 158 Å². The minimum absolute atomic E-state index is 0.0272. The van der Waals surface area contributed by atoms with E-state index in [4.69, 9.17) is 9.47 Å². The monoisotopic (exact) mass is 387 g/mol. The lowest BCUT2D eigenvalue weighted by molar-refractivity contribution is -0.139. The number of carbonyl (C=O) groups is 1. The molecule has 0 bridgehead atoms. The first-order chi connectivity index (χ1) is 13.1. The second kappa shape index (κ2) is 9.05. The van der Waals surface area contributed by atoms with Crippen molar-refractivity contribution >= 4 is 23.4 Å². The zero-order chi connectivity index (χ0) is 19.1. The van der Waals surface area contributed by atoms with Gasteiger partial charge in [0.15, 0.2) is 0 Å². The molecule has 0 N–H and O–H groups in total. The highest BCUT2D eigenvalue weighted by Gasteiger charge is 2.06. The summed E-state index contributed by atoms with van der Waals surface area (Å²) >= 11 is 1.37. The van der Waals surface area contributed by atoms with Crippen molar-refractivity contribution in [2.45, 2.75) is 13.2 Å². The summed E-state index contributed by atoms with van der Waals surface area (Å²) in [5.41, 5.74) is 1.17. The Bertz CT molecular complexity index is 938. The summed E-state index contributed by atoms with van der Waals surface area (Å²) in [5.74, 6) is -0.700. The first-order valence-corrected chi connectivity index (χ1v) is 8.88. The number of thiazole rings is 1. The van der Waals surface area contributed by atoms with Gasteiger partial charge in [-0.15, -0.1) is 11.3 Å². The molecule has 0 amide bonds. The summed E-state index contributed by atoms with van der Waals surface area (Å²) in [6.07, 6.45) is 2.72. The van der Waals surface area contributed by atoms with Crippen molar-refractivity contribution in [1.82, 2.24) is 4.98 Å². The van der Waals surface area contributed by atoms with Gasteiger partial charge in [-0.05, 0) is 48.0 Å². The van der Waals surface area contributed by atoms with Crippen LogP contribution in [0.1, 0.15) is 16.3 Å². The zero-order valence-corrected chi connectivity index (χ0v) is 14.9. The average molecular weight is 387 g/mol. The molecule has 0 saturated heterocycles. The molecule has 0 unspecified atom stereocenters. The Balaban J connectivity index is 1.46. The van der Waals surface area contributed by atoms with Gasteiger partial charge in [-0.3, -0.25) is 0 Å². The van der Waals surface area contributed by atoms with Crippen LogP contribution < -0.4 is 4.74 Å². The number of rotatable bonds is 7. The zero-order valence-electron chi connectivity index (χ0n) is 14.1. The third-order valence-corrected chi connectivity index (χ3v) is 4.27. The van der Waals surface area contributed by atoms with Crippen LogP contribution in [-0.2, 0) is 22.7 Å². The molecule has 0 fully saturated rings. The van der Waals surface area contributed by atoms with Gasteiger partial charge in [0.25, 0.3) is 0 Å². The van der Waals surface area contributed by atoms with Gasteiger partial charge >= 0.3 is 5.97 Å². The average Bonchev–Trinajstić information content (AvgIpc) is 3.12. The van der Waals surface area contributed by atoms with E-state index in [-0.39, 0.29) is 24.8 Å². The summed E-state index contributed by atoms with van der Waals surface area (Å²) in [6, 6.07) is 11.6. The van der Waals surface area contributed by atoms with Crippen molar-refractivity contribution in [3.63, 3.8) is 0 Å². The van der Waals surface area contributed by atoms with Gasteiger partial charge < -0.3 is 9.47 Å². The minimum atomic E-state index is -0.545. The largest absolute Gasteiger partial charge is 0.486 e. The molecule has 1 heterocycles. The SMILES string of the molecule is O=C(/C=C/c1cccc(F)c1)OCc1csc(COc2ccc(F)cc2)n1. The van der Waals surface area contributed by atoms with Crippen LogP contribution in [0.2, 0.25) is 0 Å². The fourth-order valence-corrected chi connectivity index (χ4v) is 2.81. The quantitative estimate of drug-likeness (QED) is 0.433. The van der Waals surface area contributed by atoms with Crippen LogP contribution in [0.3, 0.4) is 0 Å². The highest BCUT2D eigenvalue weighted by Crippen LogP contribution is 2.16. The molecular formula is C20H15F2NO3S. The molecule has 138 valence electrons. The Morgan fingerprint density at radius 3 is 2.67 bits per heavy atom. The molecule has 1 aromatic heterocycles. The Morgan fingerprint density at radius 1 is 1.07 bits per heavy atom. The lowest BCUT2D eigenvalue weighted by Gasteiger charge is -2.03. The standard InChI is InChI=1S/C20H15F2NO3S/c21-15-5-7-18(8-6-15)25-12-19-23-17(13-27-19)11-26-20(24)9-4-14-2-1-3-16(22)10-14/h1-10,13H,11-12H2/b9-4+. The van der Waals surface area contributed by atoms with Gasteiger partial charge in [0.1, 0.15) is 35.6 Å². The number of nitrogens with zero attached hydrogens (tertiary/aromatic N) is 1. The molecule has 0 radical (unpaired) electrons. The molecule has 0 atom stereocenters. The molecule has 0 aliphatic rings. The van der Waals surface area contributed by atoms with Crippen LogP contribution in [0.5, 0.6) is 5.75 Å². The van der Waals surface area contributed by atoms with E-state index < -0.39 is 5.97 Å². The van der Waals surface area contributed by atoms with E-state index in [9.17, 15) is 13.6 Å². The Morgan fingerprint density at radius 2 is 1.89 bits per heavy atom. The molecule has 0 spiro atoms. The number of ether oxygens (including phenoxy) is 2. The van der Waals surface area contributed by atoms with E-state index in [0.29, 0.717) is 22.0 Å². The maximum Gasteiger partial charge on any atom is 0.331 e. The fourth-order valence-electron chi connectivity index (χ4n) is 2.13. The molecule has 0 saturated carbocycles. The third-order valence-electron chi connectivity index (χ3n) is 3.40. The fraction of sp³-hybridized carbons (Fsp3) is 0.100. The molecule has 7 heteroatoms. The van der Waals surface area contributed by atoms with Crippen LogP contribution in [-0.4, -0.2) is 11.0 Å². The van der Waals surface area contributed by atoms with Gasteiger partial charge in [0.05, 0.1) is 5.69 Å². The molecule has 4 nitrogen and oxygen atoms in total. The van der Waals surface area contributed by atoms with Crippen molar-refractivity contribution in [2.75, 3.05) is 0 Å². The summed E-state index contributed by atoms with van der Waals surface area (Å²) in [6.45, 7) is 0.267. The number of benzene rings is 2. The third kappa shape index (κ3) is 6.00. The summed E-state index contributed by atoms with van der Waals surface area (Å²) in [4.78, 5) is 16.1. The van der Waals surface area contributed by atoms with Crippen molar-refractivity contribution < 1.29 is 23.0 Å². The summed E-state index contributed by atoms with van der Waals surface area (Å²) < 4.78 is 36.5. The van der Waals surface area contributed by atoms with Crippen molar-refractivity contribution in [1.29, 1.82) is 0 Å². The number of hydrogen-bond donors (Lipinski definition) is 0. The highest BCUT2D eigenvalue weighted by atomic mass is 32.1. The second-order valence-electron chi connectivity index (χ2n) is 5.47. The van der Waals surface area contributed by atoms with Crippen molar-refractivity contribution in [2.24, 2.45) is 0 Å². The van der Waals surface area contributed by atoms with Gasteiger partial charge in [0, 0.05) is 11.5 Å². The first kappa shape index (κ1) is 18.7. The molecular weight excluding hydrogens is 372 g/mol. The first-order valence-electron chi connectivity index (χ1n) is 8.00. The predicted molar refractivity (Wildman–Crippen MR) is 98.1 cm³/mol. The minimum Gasteiger partial charge on any atom is -0.486 e. The van der Waals surface area contributed by atoms with Crippen molar-refractivity contribution in [3.8, 4) is 5.75 Å². The normalized spacial score (nSPS) is 10.9. The summed E-state index contributed by atoms with van der Waals surface area (Å²) in [7, 11) is 0. The van der Waals surface area contributed by atoms with Crippen LogP contribution in [0.25, 0.3) is 6.08 Å². The lowest BCUT2D eigenvalue weighted by Crippen LogP contribution is -2.01. The van der Waals surface area contributed by atoms with Crippen LogP contribution in [0, 0.1) is 11.6 Å². The highest BCUT2D eigenvalue weighted by molar-refractivity contribution is 7.09. The number of esters is 1. The predicted octanol–water partition coefficient (Wildman–Crippen LogP) is 4.76. The van der Waals surface area contributed by atoms with E-state index in [1.807, 2.05) is 0 Å². The van der Waals surface area contributed by atoms with Crippen molar-refractivity contribution in [3.05, 3.63) is 87.9 Å². The van der Waals surface area contributed by atoms with Crippen LogP contribution in [0.15, 0.2) is 60.0 Å². The number of hydrogen-bond acceptors (Lipinski definition) is 5. The molecule has 0 aliphatic carbocycles. The second-order valence-corrected chi connectivity index (χ2v) is 6.41. The lowest BCUT2D eigenvalue weighted by atomic mass is 10.2. The molecule has 3 rings (SSSR count). The van der Waals surface area contributed by atoms with E-state index in [1.165, 1.54) is 59.9 Å². The Kier molecular flexibility index (Phi) is 6.27. The van der Waals surface area contributed by atoms with Crippen LogP contribution >= 0.6 is 11.3 Å². The number of halogens is 2. The summed E-state index contributed by atoms with van der Waals surface area (Å²) in [5, 5.41) is 2.48. The smallest absolute Gasteiger partial charge is 0.331 e. The van der Waals surface area contributed by atoms with Gasteiger partial charge in [-0.1, -0.05) is 12.1 Å². The molecule has 0 aliphatic heterocycles.